The fourth-order valence-electron chi connectivity index (χ4n) is 4.14. The van der Waals surface area contributed by atoms with Crippen LogP contribution in [0.1, 0.15) is 57.8 Å². The third-order valence-electron chi connectivity index (χ3n) is 5.85. The molecule has 1 amide bonds. The Morgan fingerprint density at radius 3 is 2.90 bits per heavy atom. The number of halogens is 1. The summed E-state index contributed by atoms with van der Waals surface area (Å²) in [5.74, 6) is -0.377. The molecule has 1 saturated heterocycles. The molecule has 0 bridgehead atoms. The van der Waals surface area contributed by atoms with Gasteiger partial charge in [0.15, 0.2) is 0 Å². The number of likely N-dealkylation sites (tertiary alicyclic amines) is 1. The van der Waals surface area contributed by atoms with Crippen molar-refractivity contribution in [2.75, 3.05) is 13.7 Å². The number of ether oxygens (including phenoxy) is 1. The van der Waals surface area contributed by atoms with E-state index in [4.69, 9.17) is 4.74 Å². The van der Waals surface area contributed by atoms with Crippen LogP contribution >= 0.6 is 11.3 Å². The molecule has 0 radical (unpaired) electrons. The predicted molar refractivity (Wildman–Crippen MR) is 119 cm³/mol. The van der Waals surface area contributed by atoms with E-state index >= 15 is 0 Å². The van der Waals surface area contributed by atoms with Gasteiger partial charge in [0, 0.05) is 23.9 Å². The van der Waals surface area contributed by atoms with Crippen LogP contribution in [0.3, 0.4) is 0 Å². The Morgan fingerprint density at radius 1 is 1.35 bits per heavy atom. The maximum Gasteiger partial charge on any atom is 0.348 e. The number of carbonyl (C=O) groups excluding carboxylic acids is 2. The summed E-state index contributed by atoms with van der Waals surface area (Å²) in [5, 5.41) is 10.4. The number of thiophene rings is 1. The van der Waals surface area contributed by atoms with Crippen molar-refractivity contribution in [3.63, 3.8) is 0 Å². The van der Waals surface area contributed by atoms with E-state index < -0.39 is 6.10 Å². The highest BCUT2D eigenvalue weighted by atomic mass is 32.1. The van der Waals surface area contributed by atoms with Crippen molar-refractivity contribution >= 4 is 23.2 Å². The van der Waals surface area contributed by atoms with E-state index in [1.54, 1.807) is 25.1 Å². The molecule has 5 nitrogen and oxygen atoms in total. The normalized spacial score (nSPS) is 17.2. The maximum absolute atomic E-state index is 13.4. The van der Waals surface area contributed by atoms with E-state index in [0.717, 1.165) is 36.1 Å². The minimum atomic E-state index is -0.509. The van der Waals surface area contributed by atoms with Crippen LogP contribution in [-0.4, -0.2) is 47.7 Å². The summed E-state index contributed by atoms with van der Waals surface area (Å²) in [6.45, 7) is 2.40. The second-order valence-corrected chi connectivity index (χ2v) is 9.33. The highest BCUT2D eigenvalue weighted by molar-refractivity contribution is 7.13. The lowest BCUT2D eigenvalue weighted by Gasteiger charge is -2.25. The van der Waals surface area contributed by atoms with Crippen LogP contribution in [0.5, 0.6) is 0 Å². The number of amides is 1. The van der Waals surface area contributed by atoms with Gasteiger partial charge in [-0.2, -0.15) is 0 Å². The van der Waals surface area contributed by atoms with Crippen LogP contribution in [-0.2, 0) is 22.4 Å². The number of carbonyl (C=O) groups is 2. The van der Waals surface area contributed by atoms with E-state index in [2.05, 4.69) is 0 Å². The summed E-state index contributed by atoms with van der Waals surface area (Å²) in [6, 6.07) is 8.81. The summed E-state index contributed by atoms with van der Waals surface area (Å²) in [6.07, 6.45) is 4.38. The predicted octanol–water partition coefficient (Wildman–Crippen LogP) is 4.29. The summed E-state index contributed by atoms with van der Waals surface area (Å²) >= 11 is 1.43. The molecule has 1 aromatic heterocycles. The Kier molecular flexibility index (Phi) is 8.21. The van der Waals surface area contributed by atoms with Gasteiger partial charge in [0.25, 0.3) is 0 Å². The highest BCUT2D eigenvalue weighted by Gasteiger charge is 2.30. The number of aliphatic hydroxyl groups is 1. The van der Waals surface area contributed by atoms with E-state index in [0.29, 0.717) is 36.2 Å². The Labute approximate surface area is 186 Å². The molecule has 2 heterocycles. The molecule has 168 valence electrons. The van der Waals surface area contributed by atoms with Crippen LogP contribution in [0.4, 0.5) is 4.39 Å². The number of benzene rings is 1. The maximum atomic E-state index is 13.4. The van der Waals surface area contributed by atoms with Gasteiger partial charge < -0.3 is 14.7 Å². The first-order chi connectivity index (χ1) is 14.9. The molecule has 3 rings (SSSR count). The smallest absolute Gasteiger partial charge is 0.348 e. The molecular formula is C24H30FNO4S. The summed E-state index contributed by atoms with van der Waals surface area (Å²) < 4.78 is 18.2. The van der Waals surface area contributed by atoms with Gasteiger partial charge in [-0.1, -0.05) is 12.1 Å². The average Bonchev–Trinajstić information content (AvgIpc) is 3.36. The molecule has 1 fully saturated rings. The number of nitrogens with zero attached hydrogens (tertiary/aromatic N) is 1. The number of esters is 1. The number of methoxy groups -OCH3 is 1. The van der Waals surface area contributed by atoms with Gasteiger partial charge in [0.2, 0.25) is 5.91 Å². The molecule has 7 heteroatoms. The molecule has 2 atom stereocenters. The third-order valence-corrected chi connectivity index (χ3v) is 6.97. The molecule has 0 aliphatic carbocycles. The molecule has 1 N–H and O–H groups in total. The van der Waals surface area contributed by atoms with Crippen molar-refractivity contribution in [2.24, 2.45) is 0 Å². The molecule has 1 aliphatic rings. The molecular weight excluding hydrogens is 417 g/mol. The van der Waals surface area contributed by atoms with E-state index in [1.165, 1.54) is 24.5 Å². The first-order valence-electron chi connectivity index (χ1n) is 10.8. The van der Waals surface area contributed by atoms with Crippen molar-refractivity contribution < 1.29 is 23.8 Å². The lowest BCUT2D eigenvalue weighted by atomic mass is 9.99. The van der Waals surface area contributed by atoms with Crippen molar-refractivity contribution in [2.45, 2.75) is 64.0 Å². The van der Waals surface area contributed by atoms with E-state index in [9.17, 15) is 19.1 Å². The number of hydrogen-bond acceptors (Lipinski definition) is 5. The number of rotatable bonds is 10. The second-order valence-electron chi connectivity index (χ2n) is 8.16. The second kappa shape index (κ2) is 10.9. The Hall–Kier alpha value is -2.25. The molecule has 1 unspecified atom stereocenters. The zero-order valence-electron chi connectivity index (χ0n) is 18.1. The van der Waals surface area contributed by atoms with Crippen LogP contribution < -0.4 is 0 Å². The number of aryl methyl sites for hydroxylation is 2. The lowest BCUT2D eigenvalue weighted by molar-refractivity contribution is -0.129. The van der Waals surface area contributed by atoms with E-state index in [-0.39, 0.29) is 23.7 Å². The summed E-state index contributed by atoms with van der Waals surface area (Å²) in [4.78, 5) is 27.5. The first-order valence-corrected chi connectivity index (χ1v) is 11.6. The van der Waals surface area contributed by atoms with Crippen molar-refractivity contribution in [3.05, 3.63) is 57.0 Å². The molecule has 31 heavy (non-hydrogen) atoms. The minimum absolute atomic E-state index is 0.158. The van der Waals surface area contributed by atoms with Crippen LogP contribution in [0.25, 0.3) is 0 Å². The molecule has 0 spiro atoms. The quantitative estimate of drug-likeness (QED) is 0.552. The first kappa shape index (κ1) is 23.4. The fraction of sp³-hybridized carbons (Fsp3) is 0.500. The van der Waals surface area contributed by atoms with Crippen LogP contribution in [0.2, 0.25) is 0 Å². The third kappa shape index (κ3) is 6.37. The summed E-state index contributed by atoms with van der Waals surface area (Å²) in [5.41, 5.74) is 1.51. The van der Waals surface area contributed by atoms with Crippen LogP contribution in [0.15, 0.2) is 30.3 Å². The topological polar surface area (TPSA) is 66.8 Å². The van der Waals surface area contributed by atoms with Gasteiger partial charge in [-0.3, -0.25) is 4.79 Å². The van der Waals surface area contributed by atoms with Gasteiger partial charge >= 0.3 is 5.97 Å². The van der Waals surface area contributed by atoms with Gasteiger partial charge in [-0.05, 0) is 74.8 Å². The Morgan fingerprint density at radius 2 is 2.16 bits per heavy atom. The van der Waals surface area contributed by atoms with Gasteiger partial charge in [-0.15, -0.1) is 11.3 Å². The molecule has 1 aliphatic heterocycles. The van der Waals surface area contributed by atoms with Crippen molar-refractivity contribution in [3.8, 4) is 0 Å². The minimum Gasteiger partial charge on any atom is -0.465 e. The Balaban J connectivity index is 1.45. The van der Waals surface area contributed by atoms with Crippen molar-refractivity contribution in [1.82, 2.24) is 4.90 Å². The largest absolute Gasteiger partial charge is 0.465 e. The number of hydrogen-bond donors (Lipinski definition) is 1. The highest BCUT2D eigenvalue weighted by Crippen LogP contribution is 2.25. The standard InChI is InChI=1S/C24H30FNO4S/c1-16-14-17(5-10-21(16)25)15-19(27)8-6-18-7-12-23(28)26(18)13-3-4-20-9-11-22(31-20)24(29)30-2/h5,9-11,14,18-19,27H,3-4,6-8,12-13,15H2,1-2H3/t18-,19?/m0/s1. The zero-order chi connectivity index (χ0) is 22.4. The zero-order valence-corrected chi connectivity index (χ0v) is 18.9. The van der Waals surface area contributed by atoms with Gasteiger partial charge in [-0.25, -0.2) is 9.18 Å². The molecule has 2 aromatic rings. The SMILES string of the molecule is COC(=O)c1ccc(CCCN2C(=O)CC[C@@H]2CCC(O)Cc2ccc(F)c(C)c2)s1. The average molecular weight is 448 g/mol. The molecule has 0 saturated carbocycles. The van der Waals surface area contributed by atoms with Crippen molar-refractivity contribution in [1.29, 1.82) is 0 Å². The number of aliphatic hydroxyl groups excluding tert-OH is 1. The summed E-state index contributed by atoms with van der Waals surface area (Å²) in [7, 11) is 1.37. The molecule has 1 aromatic carbocycles. The monoisotopic (exact) mass is 447 g/mol. The van der Waals surface area contributed by atoms with Crippen LogP contribution in [0, 0.1) is 12.7 Å². The lowest BCUT2D eigenvalue weighted by Crippen LogP contribution is -2.34. The van der Waals surface area contributed by atoms with E-state index in [1.807, 2.05) is 11.0 Å². The Bertz CT molecular complexity index is 913. The van der Waals surface area contributed by atoms with Gasteiger partial charge in [0.1, 0.15) is 10.7 Å². The fourth-order valence-corrected chi connectivity index (χ4v) is 5.11. The van der Waals surface area contributed by atoms with Gasteiger partial charge in [0.05, 0.1) is 13.2 Å².